The summed E-state index contributed by atoms with van der Waals surface area (Å²) in [6.45, 7) is 6.91. The predicted octanol–water partition coefficient (Wildman–Crippen LogP) is 4.34. The highest BCUT2D eigenvalue weighted by Crippen LogP contribution is 2.33. The molecule has 36 heavy (non-hydrogen) atoms. The first-order chi connectivity index (χ1) is 16.8. The zero-order valence-corrected chi connectivity index (χ0v) is 21.1. The molecule has 0 bridgehead atoms. The van der Waals surface area contributed by atoms with Gasteiger partial charge in [-0.1, -0.05) is 27.2 Å². The fraction of sp³-hybridized carbons (Fsp3) is 0.577. The SMILES string of the molecule is Cn1c(C(C)(C)C)c/c(=N\C(=O)c2cc(C(F)(F)F)ccc2OC[C@@H]2CCC(=O)N2)n1CC1CCC1. The molecule has 1 saturated heterocycles. The average Bonchev–Trinajstić information content (AvgIpc) is 3.31. The Hall–Kier alpha value is -3.04. The Labute approximate surface area is 208 Å². The number of hydrogen-bond acceptors (Lipinski definition) is 3. The number of carbonyl (C=O) groups is 2. The van der Waals surface area contributed by atoms with Crippen molar-refractivity contribution in [2.75, 3.05) is 6.61 Å². The number of nitrogens with zero attached hydrogens (tertiary/aromatic N) is 3. The van der Waals surface area contributed by atoms with E-state index in [2.05, 4.69) is 31.1 Å². The average molecular weight is 507 g/mol. The number of hydrogen-bond donors (Lipinski definition) is 1. The van der Waals surface area contributed by atoms with Gasteiger partial charge in [0.15, 0.2) is 5.49 Å². The van der Waals surface area contributed by atoms with E-state index < -0.39 is 17.6 Å². The summed E-state index contributed by atoms with van der Waals surface area (Å²) in [6, 6.07) is 4.40. The van der Waals surface area contributed by atoms with Gasteiger partial charge in [-0.05, 0) is 43.4 Å². The number of ether oxygens (including phenoxy) is 1. The van der Waals surface area contributed by atoms with E-state index in [-0.39, 0.29) is 35.3 Å². The Kier molecular flexibility index (Phi) is 7.07. The molecular formula is C26H33F3N4O3. The summed E-state index contributed by atoms with van der Waals surface area (Å²) in [5.41, 5.74) is -0.0567. The fourth-order valence-electron chi connectivity index (χ4n) is 4.66. The van der Waals surface area contributed by atoms with Crippen molar-refractivity contribution >= 4 is 11.8 Å². The number of nitrogens with one attached hydrogen (secondary N) is 1. The van der Waals surface area contributed by atoms with Crippen LogP contribution < -0.4 is 15.5 Å². The minimum absolute atomic E-state index is 0.00965. The van der Waals surface area contributed by atoms with Crippen LogP contribution in [0.4, 0.5) is 13.2 Å². The molecule has 2 aromatic rings. The molecule has 1 aromatic carbocycles. The molecule has 10 heteroatoms. The summed E-state index contributed by atoms with van der Waals surface area (Å²) in [6.07, 6.45) is -0.330. The van der Waals surface area contributed by atoms with Crippen molar-refractivity contribution in [2.45, 2.75) is 77.1 Å². The third-order valence-electron chi connectivity index (χ3n) is 6.94. The van der Waals surface area contributed by atoms with Gasteiger partial charge in [0.1, 0.15) is 12.4 Å². The molecule has 7 nitrogen and oxygen atoms in total. The number of alkyl halides is 3. The molecule has 0 radical (unpaired) electrons. The molecule has 1 aliphatic heterocycles. The summed E-state index contributed by atoms with van der Waals surface area (Å²) >= 11 is 0. The van der Waals surface area contributed by atoms with E-state index in [4.69, 9.17) is 4.74 Å². The van der Waals surface area contributed by atoms with Crippen molar-refractivity contribution < 1.29 is 27.5 Å². The van der Waals surface area contributed by atoms with Gasteiger partial charge in [-0.25, -0.2) is 0 Å². The van der Waals surface area contributed by atoms with Crippen molar-refractivity contribution in [1.82, 2.24) is 14.7 Å². The number of benzene rings is 1. The number of halogens is 3. The van der Waals surface area contributed by atoms with Crippen LogP contribution in [0.25, 0.3) is 0 Å². The standard InChI is InChI=1S/C26H33F3N4O3/c1-25(2,3)21-13-22(33(32(21)4)14-16-6-5-7-16)31-24(35)19-12-17(26(27,28)29)8-10-20(19)36-15-18-9-11-23(34)30-18/h8,10,12-13,16,18H,5-7,9,11,14-15H2,1-4H3,(H,30,34)/b31-22+/t18-/m0/s1. The minimum Gasteiger partial charge on any atom is -0.491 e. The molecule has 1 atom stereocenters. The van der Waals surface area contributed by atoms with Crippen LogP contribution in [0.15, 0.2) is 29.3 Å². The van der Waals surface area contributed by atoms with Crippen LogP contribution in [-0.2, 0) is 30.0 Å². The molecule has 196 valence electrons. The molecule has 1 saturated carbocycles. The van der Waals surface area contributed by atoms with Gasteiger partial charge in [-0.15, -0.1) is 0 Å². The Morgan fingerprint density at radius 2 is 1.89 bits per heavy atom. The monoisotopic (exact) mass is 506 g/mol. The lowest BCUT2D eigenvalue weighted by Gasteiger charge is -2.27. The normalized spacial score (nSPS) is 19.4. The molecular weight excluding hydrogens is 473 g/mol. The molecule has 2 fully saturated rings. The molecule has 0 spiro atoms. The second kappa shape index (κ2) is 9.78. The quantitative estimate of drug-likeness (QED) is 0.633. The number of rotatable bonds is 6. The van der Waals surface area contributed by atoms with E-state index in [1.807, 2.05) is 22.5 Å². The Bertz CT molecular complexity index is 1220. The largest absolute Gasteiger partial charge is 0.491 e. The lowest BCUT2D eigenvalue weighted by atomic mass is 9.85. The maximum Gasteiger partial charge on any atom is 0.416 e. The lowest BCUT2D eigenvalue weighted by molar-refractivity contribution is -0.137. The highest BCUT2D eigenvalue weighted by atomic mass is 19.4. The zero-order chi connectivity index (χ0) is 26.3. The van der Waals surface area contributed by atoms with E-state index in [1.165, 1.54) is 6.42 Å². The first-order valence-corrected chi connectivity index (χ1v) is 12.3. The second-order valence-corrected chi connectivity index (χ2v) is 10.8. The fourth-order valence-corrected chi connectivity index (χ4v) is 4.66. The second-order valence-electron chi connectivity index (χ2n) is 10.8. The van der Waals surface area contributed by atoms with E-state index >= 15 is 0 Å². The van der Waals surface area contributed by atoms with Crippen molar-refractivity contribution in [3.8, 4) is 5.75 Å². The van der Waals surface area contributed by atoms with Crippen molar-refractivity contribution in [3.05, 3.63) is 46.6 Å². The van der Waals surface area contributed by atoms with Gasteiger partial charge >= 0.3 is 6.18 Å². The first kappa shape index (κ1) is 26.0. The number of carbonyl (C=O) groups excluding carboxylic acids is 2. The lowest BCUT2D eigenvalue weighted by Crippen LogP contribution is -2.31. The first-order valence-electron chi connectivity index (χ1n) is 12.3. The van der Waals surface area contributed by atoms with E-state index in [1.54, 1.807) is 0 Å². The third kappa shape index (κ3) is 5.68. The summed E-state index contributed by atoms with van der Waals surface area (Å²) in [5.74, 6) is -0.415. The summed E-state index contributed by atoms with van der Waals surface area (Å²) in [7, 11) is 1.91. The van der Waals surface area contributed by atoms with Gasteiger partial charge in [0.05, 0.1) is 17.2 Å². The molecule has 1 N–H and O–H groups in total. The topological polar surface area (TPSA) is 77.6 Å². The van der Waals surface area contributed by atoms with Crippen LogP contribution >= 0.6 is 0 Å². The van der Waals surface area contributed by atoms with Gasteiger partial charge in [0.2, 0.25) is 5.91 Å². The molecule has 2 heterocycles. The van der Waals surface area contributed by atoms with Crippen LogP contribution in [0.1, 0.15) is 74.5 Å². The highest BCUT2D eigenvalue weighted by molar-refractivity contribution is 5.97. The Morgan fingerprint density at radius 3 is 2.44 bits per heavy atom. The molecule has 2 aliphatic rings. The summed E-state index contributed by atoms with van der Waals surface area (Å²) in [4.78, 5) is 29.1. The molecule has 2 amide bonds. The van der Waals surface area contributed by atoms with E-state index in [0.717, 1.165) is 36.7 Å². The van der Waals surface area contributed by atoms with Crippen LogP contribution in [-0.4, -0.2) is 33.8 Å². The van der Waals surface area contributed by atoms with Gasteiger partial charge in [-0.2, -0.15) is 18.2 Å². The van der Waals surface area contributed by atoms with Gasteiger partial charge in [-0.3, -0.25) is 19.0 Å². The van der Waals surface area contributed by atoms with Crippen LogP contribution in [0, 0.1) is 5.92 Å². The summed E-state index contributed by atoms with van der Waals surface area (Å²) in [5, 5.41) is 2.75. The maximum absolute atomic E-state index is 13.5. The third-order valence-corrected chi connectivity index (χ3v) is 6.94. The Morgan fingerprint density at radius 1 is 1.17 bits per heavy atom. The maximum atomic E-state index is 13.5. The minimum atomic E-state index is -4.62. The van der Waals surface area contributed by atoms with Gasteiger partial charge in [0.25, 0.3) is 5.91 Å². The van der Waals surface area contributed by atoms with Crippen molar-refractivity contribution in [3.63, 3.8) is 0 Å². The highest BCUT2D eigenvalue weighted by Gasteiger charge is 2.33. The molecule has 0 unspecified atom stereocenters. The molecule has 1 aliphatic carbocycles. The summed E-state index contributed by atoms with van der Waals surface area (Å²) < 4.78 is 50.0. The van der Waals surface area contributed by atoms with Crippen LogP contribution in [0.2, 0.25) is 0 Å². The predicted molar refractivity (Wildman–Crippen MR) is 127 cm³/mol. The van der Waals surface area contributed by atoms with Gasteiger partial charge < -0.3 is 10.1 Å². The van der Waals surface area contributed by atoms with Crippen LogP contribution in [0.5, 0.6) is 5.75 Å². The smallest absolute Gasteiger partial charge is 0.416 e. The van der Waals surface area contributed by atoms with Gasteiger partial charge in [0, 0.05) is 37.2 Å². The van der Waals surface area contributed by atoms with E-state index in [0.29, 0.717) is 30.8 Å². The van der Waals surface area contributed by atoms with E-state index in [9.17, 15) is 22.8 Å². The van der Waals surface area contributed by atoms with Crippen LogP contribution in [0.3, 0.4) is 0 Å². The molecule has 1 aromatic heterocycles. The molecule has 4 rings (SSSR count). The van der Waals surface area contributed by atoms with Crippen molar-refractivity contribution in [1.29, 1.82) is 0 Å². The number of aromatic nitrogens is 2. The number of amides is 2. The zero-order valence-electron chi connectivity index (χ0n) is 21.1. The van der Waals surface area contributed by atoms with Crippen molar-refractivity contribution in [2.24, 2.45) is 18.0 Å². The Balaban J connectivity index is 1.72.